The second-order valence-corrected chi connectivity index (χ2v) is 5.41. The lowest BCUT2D eigenvalue weighted by molar-refractivity contribution is -0.384. The molecular weight excluding hydrogens is 258 g/mol. The number of likely N-dealkylation sites (tertiary alicyclic amines) is 1. The third-order valence-electron chi connectivity index (χ3n) is 3.84. The predicted octanol–water partition coefficient (Wildman–Crippen LogP) is 1.77. The molecule has 1 saturated heterocycles. The number of nitro benzene ring substituents is 1. The van der Waals surface area contributed by atoms with Crippen LogP contribution >= 0.6 is 0 Å². The molecule has 0 aliphatic carbocycles. The van der Waals surface area contributed by atoms with E-state index in [4.69, 9.17) is 10.8 Å². The van der Waals surface area contributed by atoms with Gasteiger partial charge in [-0.2, -0.15) is 0 Å². The Hall–Kier alpha value is -1.66. The minimum Gasteiger partial charge on any atom is -0.396 e. The van der Waals surface area contributed by atoms with Gasteiger partial charge in [-0.15, -0.1) is 0 Å². The maximum atomic E-state index is 10.9. The van der Waals surface area contributed by atoms with Crippen molar-refractivity contribution in [3.05, 3.63) is 33.9 Å². The van der Waals surface area contributed by atoms with Crippen LogP contribution in [0.3, 0.4) is 0 Å². The van der Waals surface area contributed by atoms with E-state index in [1.54, 1.807) is 12.1 Å². The summed E-state index contributed by atoms with van der Waals surface area (Å²) < 4.78 is 0. The molecule has 3 N–H and O–H groups in total. The number of aliphatic hydroxyl groups excluding tert-OH is 1. The molecule has 110 valence electrons. The van der Waals surface area contributed by atoms with Gasteiger partial charge in [0.05, 0.1) is 4.92 Å². The first-order chi connectivity index (χ1) is 9.60. The number of anilines is 1. The van der Waals surface area contributed by atoms with Gasteiger partial charge in [0.2, 0.25) is 0 Å². The Morgan fingerprint density at radius 1 is 1.50 bits per heavy atom. The Morgan fingerprint density at radius 3 is 3.00 bits per heavy atom. The number of benzene rings is 1. The van der Waals surface area contributed by atoms with E-state index in [9.17, 15) is 10.1 Å². The molecule has 2 rings (SSSR count). The summed E-state index contributed by atoms with van der Waals surface area (Å²) in [6.45, 7) is 2.87. The van der Waals surface area contributed by atoms with Crippen molar-refractivity contribution < 1.29 is 10.0 Å². The first kappa shape index (κ1) is 14.7. The van der Waals surface area contributed by atoms with Crippen molar-refractivity contribution in [3.8, 4) is 0 Å². The number of rotatable bonds is 5. The molecule has 1 unspecified atom stereocenters. The van der Waals surface area contributed by atoms with Gasteiger partial charge in [-0.1, -0.05) is 6.07 Å². The van der Waals surface area contributed by atoms with Gasteiger partial charge < -0.3 is 10.8 Å². The third-order valence-corrected chi connectivity index (χ3v) is 3.84. The van der Waals surface area contributed by atoms with Gasteiger partial charge in [0.25, 0.3) is 5.69 Å². The highest BCUT2D eigenvalue weighted by molar-refractivity contribution is 5.59. The van der Waals surface area contributed by atoms with Crippen LogP contribution in [-0.4, -0.2) is 34.6 Å². The van der Waals surface area contributed by atoms with Crippen molar-refractivity contribution in [2.75, 3.05) is 25.4 Å². The monoisotopic (exact) mass is 279 g/mol. The first-order valence-electron chi connectivity index (χ1n) is 6.96. The largest absolute Gasteiger partial charge is 0.396 e. The fraction of sp³-hybridized carbons (Fsp3) is 0.571. The molecule has 0 amide bonds. The summed E-state index contributed by atoms with van der Waals surface area (Å²) in [5.74, 6) is 0.525. The topological polar surface area (TPSA) is 92.6 Å². The lowest BCUT2D eigenvalue weighted by atomic mass is 9.95. The van der Waals surface area contributed by atoms with Crippen LogP contribution < -0.4 is 5.73 Å². The molecule has 1 aliphatic heterocycles. The second kappa shape index (κ2) is 6.67. The predicted molar refractivity (Wildman–Crippen MR) is 77.2 cm³/mol. The van der Waals surface area contributed by atoms with Gasteiger partial charge in [0, 0.05) is 25.8 Å². The van der Waals surface area contributed by atoms with Gasteiger partial charge in [-0.05, 0) is 43.4 Å². The Bertz CT molecular complexity index is 477. The first-order valence-corrected chi connectivity index (χ1v) is 6.96. The minimum atomic E-state index is -0.441. The highest BCUT2D eigenvalue weighted by Gasteiger charge is 2.20. The summed E-state index contributed by atoms with van der Waals surface area (Å²) in [6.07, 6.45) is 3.10. The maximum Gasteiger partial charge on any atom is 0.292 e. The molecule has 0 aromatic heterocycles. The van der Waals surface area contributed by atoms with Crippen LogP contribution in [0, 0.1) is 16.0 Å². The number of piperidine rings is 1. The highest BCUT2D eigenvalue weighted by Crippen LogP contribution is 2.25. The van der Waals surface area contributed by atoms with Crippen LogP contribution in [0.2, 0.25) is 0 Å². The number of hydrogen-bond donors (Lipinski definition) is 2. The number of nitrogens with zero attached hydrogens (tertiary/aromatic N) is 2. The molecule has 0 radical (unpaired) electrons. The molecule has 20 heavy (non-hydrogen) atoms. The molecule has 0 spiro atoms. The molecule has 0 saturated carbocycles. The molecule has 1 aromatic carbocycles. The molecule has 1 aliphatic rings. The van der Waals surface area contributed by atoms with E-state index in [0.29, 0.717) is 12.5 Å². The summed E-state index contributed by atoms with van der Waals surface area (Å²) >= 11 is 0. The molecule has 0 bridgehead atoms. The molecule has 6 nitrogen and oxygen atoms in total. The van der Waals surface area contributed by atoms with E-state index in [1.807, 2.05) is 6.07 Å². The normalized spacial score (nSPS) is 19.9. The van der Waals surface area contributed by atoms with Crippen molar-refractivity contribution in [1.82, 2.24) is 4.90 Å². The molecule has 1 atom stereocenters. The number of nitro groups is 1. The van der Waals surface area contributed by atoms with Crippen molar-refractivity contribution in [3.63, 3.8) is 0 Å². The van der Waals surface area contributed by atoms with Crippen molar-refractivity contribution in [1.29, 1.82) is 0 Å². The zero-order chi connectivity index (χ0) is 14.5. The lowest BCUT2D eigenvalue weighted by Crippen LogP contribution is -2.35. The average Bonchev–Trinajstić information content (AvgIpc) is 2.41. The van der Waals surface area contributed by atoms with Crippen LogP contribution in [-0.2, 0) is 6.54 Å². The van der Waals surface area contributed by atoms with Crippen molar-refractivity contribution in [2.45, 2.75) is 25.8 Å². The van der Waals surface area contributed by atoms with Crippen LogP contribution in [0.15, 0.2) is 18.2 Å². The van der Waals surface area contributed by atoms with Gasteiger partial charge in [0.15, 0.2) is 0 Å². The van der Waals surface area contributed by atoms with Crippen LogP contribution in [0.5, 0.6) is 0 Å². The third kappa shape index (κ3) is 3.68. The van der Waals surface area contributed by atoms with Gasteiger partial charge in [-0.3, -0.25) is 15.0 Å². The fourth-order valence-corrected chi connectivity index (χ4v) is 2.82. The number of aliphatic hydroxyl groups is 1. The Labute approximate surface area is 118 Å². The number of nitrogen functional groups attached to an aromatic ring is 1. The summed E-state index contributed by atoms with van der Waals surface area (Å²) in [4.78, 5) is 12.7. The van der Waals surface area contributed by atoms with E-state index >= 15 is 0 Å². The van der Waals surface area contributed by atoms with Crippen LogP contribution in [0.4, 0.5) is 11.4 Å². The van der Waals surface area contributed by atoms with Gasteiger partial charge in [0.1, 0.15) is 5.69 Å². The molecule has 1 aromatic rings. The van der Waals surface area contributed by atoms with E-state index in [-0.39, 0.29) is 18.0 Å². The summed E-state index contributed by atoms with van der Waals surface area (Å²) in [6, 6.07) is 5.01. The van der Waals surface area contributed by atoms with E-state index in [1.165, 1.54) is 0 Å². The van der Waals surface area contributed by atoms with Gasteiger partial charge in [-0.25, -0.2) is 0 Å². The number of hydrogen-bond acceptors (Lipinski definition) is 5. The van der Waals surface area contributed by atoms with E-state index in [2.05, 4.69) is 4.90 Å². The van der Waals surface area contributed by atoms with Gasteiger partial charge >= 0.3 is 0 Å². The quantitative estimate of drug-likeness (QED) is 0.487. The molecule has 1 fully saturated rings. The Kier molecular flexibility index (Phi) is 4.92. The zero-order valence-electron chi connectivity index (χ0n) is 11.5. The lowest BCUT2D eigenvalue weighted by Gasteiger charge is -2.32. The maximum absolute atomic E-state index is 10.9. The Morgan fingerprint density at radius 2 is 2.30 bits per heavy atom. The highest BCUT2D eigenvalue weighted by atomic mass is 16.6. The molecular formula is C14H21N3O3. The Balaban J connectivity index is 2.02. The summed E-state index contributed by atoms with van der Waals surface area (Å²) in [5, 5.41) is 19.9. The zero-order valence-corrected chi connectivity index (χ0v) is 11.5. The van der Waals surface area contributed by atoms with Crippen molar-refractivity contribution >= 4 is 11.4 Å². The van der Waals surface area contributed by atoms with E-state index < -0.39 is 4.92 Å². The van der Waals surface area contributed by atoms with E-state index in [0.717, 1.165) is 37.9 Å². The molecule has 6 heteroatoms. The second-order valence-electron chi connectivity index (χ2n) is 5.41. The number of nitrogens with two attached hydrogens (primary N) is 1. The minimum absolute atomic E-state index is 0.0218. The molecule has 1 heterocycles. The van der Waals surface area contributed by atoms with Crippen LogP contribution in [0.1, 0.15) is 24.8 Å². The summed E-state index contributed by atoms with van der Waals surface area (Å²) in [5.41, 5.74) is 6.70. The fourth-order valence-electron chi connectivity index (χ4n) is 2.82. The SMILES string of the molecule is Nc1ccc(CN2CCCC(CCO)C2)cc1[N+](=O)[O-]. The standard InChI is InChI=1S/C14H21N3O3/c15-13-4-3-12(8-14(13)17(19)20)10-16-6-1-2-11(9-16)5-7-18/h3-4,8,11,18H,1-2,5-7,9-10,15H2. The summed E-state index contributed by atoms with van der Waals surface area (Å²) in [7, 11) is 0. The van der Waals surface area contributed by atoms with Crippen LogP contribution in [0.25, 0.3) is 0 Å². The average molecular weight is 279 g/mol. The smallest absolute Gasteiger partial charge is 0.292 e. The van der Waals surface area contributed by atoms with Crippen molar-refractivity contribution in [2.24, 2.45) is 5.92 Å².